The summed E-state index contributed by atoms with van der Waals surface area (Å²) < 4.78 is 38.1. The summed E-state index contributed by atoms with van der Waals surface area (Å²) in [5.41, 5.74) is -0.419. The molecule has 0 unspecified atom stereocenters. The Hall–Kier alpha value is -2.65. The number of hydrogen-bond acceptors (Lipinski definition) is 6. The van der Waals surface area contributed by atoms with Gasteiger partial charge in [-0.05, 0) is 43.0 Å². The van der Waals surface area contributed by atoms with Gasteiger partial charge >= 0.3 is 5.69 Å². The van der Waals surface area contributed by atoms with Gasteiger partial charge in [-0.3, -0.25) is 10.1 Å². The number of hydrogen-bond donors (Lipinski definition) is 0. The Kier molecular flexibility index (Phi) is 5.85. The highest BCUT2D eigenvalue weighted by Gasteiger charge is 2.31. The number of nitrogens with zero attached hydrogens (tertiary/aromatic N) is 2. The maximum Gasteiger partial charge on any atom is 0.312 e. The zero-order valence-corrected chi connectivity index (χ0v) is 16.5. The third-order valence-corrected chi connectivity index (χ3v) is 6.53. The van der Waals surface area contributed by atoms with Crippen molar-refractivity contribution in [1.82, 2.24) is 4.31 Å². The van der Waals surface area contributed by atoms with Gasteiger partial charge in [-0.25, -0.2) is 8.42 Å². The minimum atomic E-state index is -3.80. The van der Waals surface area contributed by atoms with Gasteiger partial charge in [0.2, 0.25) is 15.8 Å². The van der Waals surface area contributed by atoms with E-state index in [1.165, 1.54) is 23.5 Å². The molecule has 1 aliphatic heterocycles. The van der Waals surface area contributed by atoms with Crippen LogP contribution in [0.15, 0.2) is 47.4 Å². The number of para-hydroxylation sites is 2. The van der Waals surface area contributed by atoms with Crippen LogP contribution in [-0.4, -0.2) is 37.8 Å². The Balaban J connectivity index is 1.96. The fraction of sp³-hybridized carbons (Fsp3) is 0.368. The largest absolute Gasteiger partial charge is 0.493 e. The second kappa shape index (κ2) is 8.15. The van der Waals surface area contributed by atoms with Crippen molar-refractivity contribution >= 4 is 15.7 Å². The topological polar surface area (TPSA) is 99.0 Å². The van der Waals surface area contributed by atoms with Crippen LogP contribution in [0.4, 0.5) is 5.69 Å². The van der Waals surface area contributed by atoms with Gasteiger partial charge in [-0.15, -0.1) is 0 Å². The number of nitro groups is 1. The Morgan fingerprint density at radius 3 is 2.50 bits per heavy atom. The zero-order valence-electron chi connectivity index (χ0n) is 15.7. The lowest BCUT2D eigenvalue weighted by atomic mass is 10.0. The highest BCUT2D eigenvalue weighted by atomic mass is 32.2. The van der Waals surface area contributed by atoms with Crippen molar-refractivity contribution in [3.63, 3.8) is 0 Å². The van der Waals surface area contributed by atoms with Crippen LogP contribution in [0.5, 0.6) is 17.2 Å². The van der Waals surface area contributed by atoms with E-state index in [4.69, 9.17) is 9.47 Å². The first-order valence-corrected chi connectivity index (χ1v) is 10.4. The van der Waals surface area contributed by atoms with Gasteiger partial charge in [0.1, 0.15) is 0 Å². The number of rotatable bonds is 6. The molecule has 0 radical (unpaired) electrons. The number of ether oxygens (including phenoxy) is 2. The summed E-state index contributed by atoms with van der Waals surface area (Å²) >= 11 is 0. The van der Waals surface area contributed by atoms with E-state index < -0.39 is 20.6 Å². The minimum absolute atomic E-state index is 0.0551. The van der Waals surface area contributed by atoms with Crippen molar-refractivity contribution in [2.24, 2.45) is 5.92 Å². The molecule has 0 spiro atoms. The van der Waals surface area contributed by atoms with E-state index in [9.17, 15) is 18.5 Å². The third kappa shape index (κ3) is 4.10. The maximum absolute atomic E-state index is 12.9. The number of benzene rings is 2. The van der Waals surface area contributed by atoms with Gasteiger partial charge in [-0.1, -0.05) is 19.1 Å². The van der Waals surface area contributed by atoms with Crippen molar-refractivity contribution in [3.05, 3.63) is 52.6 Å². The molecule has 2 aromatic carbocycles. The van der Waals surface area contributed by atoms with Gasteiger partial charge in [0, 0.05) is 19.2 Å². The summed E-state index contributed by atoms with van der Waals surface area (Å²) in [6, 6.07) is 10.4. The molecular formula is C19H22N2O6S. The normalized spacial score (nSPS) is 17.9. The SMILES string of the molecule is COc1ccccc1Oc1ccc(S(=O)(=O)N2CCC[C@H](C)C2)cc1[N+](=O)[O-]. The van der Waals surface area contributed by atoms with E-state index in [1.807, 2.05) is 6.92 Å². The lowest BCUT2D eigenvalue weighted by Crippen LogP contribution is -2.39. The molecule has 1 atom stereocenters. The number of piperidine rings is 1. The van der Waals surface area contributed by atoms with E-state index >= 15 is 0 Å². The molecule has 1 aliphatic rings. The van der Waals surface area contributed by atoms with Crippen LogP contribution in [0.3, 0.4) is 0 Å². The van der Waals surface area contributed by atoms with Crippen LogP contribution < -0.4 is 9.47 Å². The number of sulfonamides is 1. The summed E-state index contributed by atoms with van der Waals surface area (Å²) in [5.74, 6) is 0.913. The molecule has 28 heavy (non-hydrogen) atoms. The third-order valence-electron chi connectivity index (χ3n) is 4.67. The van der Waals surface area contributed by atoms with Gasteiger partial charge in [0.15, 0.2) is 11.5 Å². The van der Waals surface area contributed by atoms with Crippen LogP contribution >= 0.6 is 0 Å². The van der Waals surface area contributed by atoms with Gasteiger partial charge < -0.3 is 9.47 Å². The second-order valence-corrected chi connectivity index (χ2v) is 8.69. The number of nitro benzene ring substituents is 1. The Bertz CT molecular complexity index is 976. The summed E-state index contributed by atoms with van der Waals surface area (Å²) in [6.07, 6.45) is 1.75. The Morgan fingerprint density at radius 2 is 1.86 bits per heavy atom. The van der Waals surface area contributed by atoms with Crippen molar-refractivity contribution in [2.45, 2.75) is 24.7 Å². The van der Waals surface area contributed by atoms with Gasteiger partial charge in [0.05, 0.1) is 16.9 Å². The highest BCUT2D eigenvalue weighted by molar-refractivity contribution is 7.89. The first-order valence-electron chi connectivity index (χ1n) is 8.92. The van der Waals surface area contributed by atoms with E-state index in [0.29, 0.717) is 24.6 Å². The minimum Gasteiger partial charge on any atom is -0.493 e. The summed E-state index contributed by atoms with van der Waals surface area (Å²) in [5, 5.41) is 11.6. The molecular weight excluding hydrogens is 384 g/mol. The predicted molar refractivity (Wildman–Crippen MR) is 103 cm³/mol. The highest BCUT2D eigenvalue weighted by Crippen LogP contribution is 2.37. The van der Waals surface area contributed by atoms with Gasteiger partial charge in [-0.2, -0.15) is 4.31 Å². The average Bonchev–Trinajstić information content (AvgIpc) is 2.68. The Labute approximate surface area is 163 Å². The van der Waals surface area contributed by atoms with Crippen molar-refractivity contribution < 1.29 is 22.8 Å². The molecule has 0 bridgehead atoms. The first-order chi connectivity index (χ1) is 13.3. The van der Waals surface area contributed by atoms with Crippen molar-refractivity contribution in [1.29, 1.82) is 0 Å². The monoisotopic (exact) mass is 406 g/mol. The molecule has 0 amide bonds. The smallest absolute Gasteiger partial charge is 0.312 e. The molecule has 0 N–H and O–H groups in total. The Morgan fingerprint density at radius 1 is 1.14 bits per heavy atom. The molecule has 1 saturated heterocycles. The van der Waals surface area contributed by atoms with Crippen molar-refractivity contribution in [2.75, 3.05) is 20.2 Å². The fourth-order valence-electron chi connectivity index (χ4n) is 3.22. The molecule has 150 valence electrons. The molecule has 0 aromatic heterocycles. The molecule has 2 aromatic rings. The van der Waals surface area contributed by atoms with E-state index in [1.54, 1.807) is 24.3 Å². The van der Waals surface area contributed by atoms with Crippen molar-refractivity contribution in [3.8, 4) is 17.2 Å². The second-order valence-electron chi connectivity index (χ2n) is 6.75. The lowest BCUT2D eigenvalue weighted by molar-refractivity contribution is -0.385. The zero-order chi connectivity index (χ0) is 20.3. The molecule has 1 fully saturated rings. The summed E-state index contributed by atoms with van der Waals surface area (Å²) in [4.78, 5) is 10.8. The van der Waals surface area contributed by atoms with Crippen LogP contribution in [-0.2, 0) is 10.0 Å². The standard InChI is InChI=1S/C19H22N2O6S/c1-14-6-5-11-20(13-14)28(24,25)15-9-10-17(16(12-15)21(22)23)27-19-8-4-3-7-18(19)26-2/h3-4,7-10,12,14H,5-6,11,13H2,1-2H3/t14-/m0/s1. The fourth-order valence-corrected chi connectivity index (χ4v) is 4.84. The number of methoxy groups -OCH3 is 1. The summed E-state index contributed by atoms with van der Waals surface area (Å²) in [7, 11) is -2.34. The average molecular weight is 406 g/mol. The van der Waals surface area contributed by atoms with Crippen LogP contribution in [0, 0.1) is 16.0 Å². The van der Waals surface area contributed by atoms with E-state index in [2.05, 4.69) is 0 Å². The lowest BCUT2D eigenvalue weighted by Gasteiger charge is -2.30. The van der Waals surface area contributed by atoms with E-state index in [0.717, 1.165) is 18.9 Å². The van der Waals surface area contributed by atoms with Crippen LogP contribution in [0.25, 0.3) is 0 Å². The quantitative estimate of drug-likeness (QED) is 0.534. The molecule has 8 nitrogen and oxygen atoms in total. The molecule has 0 saturated carbocycles. The molecule has 9 heteroatoms. The molecule has 1 heterocycles. The molecule has 3 rings (SSSR count). The van der Waals surface area contributed by atoms with Crippen LogP contribution in [0.2, 0.25) is 0 Å². The maximum atomic E-state index is 12.9. The predicted octanol–water partition coefficient (Wildman–Crippen LogP) is 3.82. The van der Waals surface area contributed by atoms with Crippen LogP contribution in [0.1, 0.15) is 19.8 Å². The first kappa shape index (κ1) is 20.1. The molecule has 0 aliphatic carbocycles. The summed E-state index contributed by atoms with van der Waals surface area (Å²) in [6.45, 7) is 2.82. The van der Waals surface area contributed by atoms with E-state index in [-0.39, 0.29) is 16.6 Å². The van der Waals surface area contributed by atoms with Gasteiger partial charge in [0.25, 0.3) is 0 Å².